The van der Waals surface area contributed by atoms with Gasteiger partial charge >= 0.3 is 0 Å². The largest absolute Gasteiger partial charge is 0.493 e. The number of aromatic nitrogens is 4. The number of aryl methyl sites for hydroxylation is 3. The predicted octanol–water partition coefficient (Wildman–Crippen LogP) is 3.53. The number of ether oxygens (including phenoxy) is 1. The van der Waals surface area contributed by atoms with Crippen molar-refractivity contribution in [3.63, 3.8) is 0 Å². The molecule has 0 saturated heterocycles. The van der Waals surface area contributed by atoms with Gasteiger partial charge in [0.25, 0.3) is 0 Å². The van der Waals surface area contributed by atoms with Gasteiger partial charge in [-0.3, -0.25) is 4.68 Å². The second-order valence-corrected chi connectivity index (χ2v) is 6.48. The van der Waals surface area contributed by atoms with E-state index < -0.39 is 0 Å². The van der Waals surface area contributed by atoms with Gasteiger partial charge in [-0.2, -0.15) is 5.10 Å². The normalized spacial score (nSPS) is 15.0. The Labute approximate surface area is 141 Å². The zero-order chi connectivity index (χ0) is 16.7. The second kappa shape index (κ2) is 5.82. The van der Waals surface area contributed by atoms with Crippen molar-refractivity contribution in [1.82, 2.24) is 19.3 Å². The summed E-state index contributed by atoms with van der Waals surface area (Å²) in [4.78, 5) is 4.38. The second-order valence-electron chi connectivity index (χ2n) is 6.48. The molecule has 1 aromatic carbocycles. The van der Waals surface area contributed by atoms with E-state index in [1.165, 1.54) is 11.1 Å². The molecule has 0 aliphatic carbocycles. The van der Waals surface area contributed by atoms with Crippen LogP contribution >= 0.6 is 0 Å². The third-order valence-electron chi connectivity index (χ3n) is 4.79. The van der Waals surface area contributed by atoms with Gasteiger partial charge in [0.05, 0.1) is 36.6 Å². The van der Waals surface area contributed by atoms with Crippen molar-refractivity contribution in [1.29, 1.82) is 0 Å². The monoisotopic (exact) mass is 322 g/mol. The van der Waals surface area contributed by atoms with Gasteiger partial charge in [-0.15, -0.1) is 0 Å². The summed E-state index contributed by atoms with van der Waals surface area (Å²) in [5.41, 5.74) is 5.83. The Kier molecular flexibility index (Phi) is 3.63. The molecule has 5 heteroatoms. The molecule has 0 spiro atoms. The maximum absolute atomic E-state index is 5.73. The summed E-state index contributed by atoms with van der Waals surface area (Å²) in [7, 11) is 1.95. The Hall–Kier alpha value is -2.56. The van der Waals surface area contributed by atoms with Gasteiger partial charge in [0.2, 0.25) is 0 Å². The molecule has 24 heavy (non-hydrogen) atoms. The lowest BCUT2D eigenvalue weighted by Gasteiger charge is -2.21. The molecule has 3 heterocycles. The van der Waals surface area contributed by atoms with Crippen molar-refractivity contribution in [2.24, 2.45) is 7.05 Å². The first-order valence-corrected chi connectivity index (χ1v) is 8.41. The highest BCUT2D eigenvalue weighted by molar-refractivity contribution is 5.61. The average Bonchev–Trinajstić information content (AvgIpc) is 3.19. The Morgan fingerprint density at radius 3 is 2.96 bits per heavy atom. The van der Waals surface area contributed by atoms with Gasteiger partial charge < -0.3 is 9.30 Å². The maximum Gasteiger partial charge on any atom is 0.122 e. The van der Waals surface area contributed by atoms with Gasteiger partial charge in [-0.1, -0.05) is 12.1 Å². The van der Waals surface area contributed by atoms with Gasteiger partial charge in [0.1, 0.15) is 5.75 Å². The zero-order valence-electron chi connectivity index (χ0n) is 14.4. The lowest BCUT2D eigenvalue weighted by molar-refractivity contribution is 0.288. The van der Waals surface area contributed by atoms with E-state index in [4.69, 9.17) is 4.74 Å². The molecule has 3 aromatic rings. The highest BCUT2D eigenvalue weighted by atomic mass is 16.5. The van der Waals surface area contributed by atoms with E-state index in [2.05, 4.69) is 46.0 Å². The molecule has 1 atom stereocenters. The van der Waals surface area contributed by atoms with Crippen molar-refractivity contribution < 1.29 is 4.74 Å². The van der Waals surface area contributed by atoms with Crippen molar-refractivity contribution in [2.75, 3.05) is 6.61 Å². The number of fused-ring (bicyclic) bond motifs is 1. The quantitative estimate of drug-likeness (QED) is 0.741. The van der Waals surface area contributed by atoms with Crippen molar-refractivity contribution in [2.45, 2.75) is 32.7 Å². The molecule has 1 aliphatic heterocycles. The summed E-state index contributed by atoms with van der Waals surface area (Å²) in [5.74, 6) is 1.03. The molecule has 2 aromatic heterocycles. The first kappa shape index (κ1) is 15.0. The van der Waals surface area contributed by atoms with Crippen molar-refractivity contribution >= 4 is 0 Å². The Balaban J connectivity index is 1.72. The minimum Gasteiger partial charge on any atom is -0.493 e. The summed E-state index contributed by atoms with van der Waals surface area (Å²) in [6, 6.07) is 6.74. The fourth-order valence-corrected chi connectivity index (χ4v) is 3.47. The number of hydrogen-bond acceptors (Lipinski definition) is 3. The molecular formula is C19H22N4O. The summed E-state index contributed by atoms with van der Waals surface area (Å²) in [5, 5.41) is 4.46. The molecule has 0 fully saturated rings. The van der Waals surface area contributed by atoms with E-state index >= 15 is 0 Å². The van der Waals surface area contributed by atoms with E-state index in [0.29, 0.717) is 0 Å². The van der Waals surface area contributed by atoms with Crippen LogP contribution in [0.4, 0.5) is 0 Å². The summed E-state index contributed by atoms with van der Waals surface area (Å²) in [6.45, 7) is 5.07. The first-order valence-electron chi connectivity index (χ1n) is 8.41. The minimum atomic E-state index is 0.203. The van der Waals surface area contributed by atoms with E-state index in [9.17, 15) is 0 Å². The van der Waals surface area contributed by atoms with Gasteiger partial charge in [-0.25, -0.2) is 4.98 Å². The highest BCUT2D eigenvalue weighted by Gasteiger charge is 2.18. The number of benzene rings is 1. The standard InChI is InChI=1S/C19H22N4O/c1-13-17(11-22(3)21-13)18-10-20-12-23(18)14(2)15-6-7-19-16(9-15)5-4-8-24-19/h6-7,9-12,14H,4-5,8H2,1-3H3/t14-/m0/s1. The SMILES string of the molecule is Cc1nn(C)cc1-c1cncn1[C@@H](C)c1ccc2c(c1)CCCO2. The fourth-order valence-electron chi connectivity index (χ4n) is 3.47. The third-order valence-corrected chi connectivity index (χ3v) is 4.79. The summed E-state index contributed by atoms with van der Waals surface area (Å²) < 4.78 is 9.80. The molecular weight excluding hydrogens is 300 g/mol. The summed E-state index contributed by atoms with van der Waals surface area (Å²) >= 11 is 0. The van der Waals surface area contributed by atoms with Crippen LogP contribution in [0.25, 0.3) is 11.3 Å². The molecule has 5 nitrogen and oxygen atoms in total. The van der Waals surface area contributed by atoms with Crippen molar-refractivity contribution in [3.05, 3.63) is 53.7 Å². The van der Waals surface area contributed by atoms with Crippen LogP contribution in [0.15, 0.2) is 36.9 Å². The average molecular weight is 322 g/mol. The molecule has 124 valence electrons. The third kappa shape index (κ3) is 2.50. The van der Waals surface area contributed by atoms with Crippen LogP contribution in [0.5, 0.6) is 5.75 Å². The van der Waals surface area contributed by atoms with Crippen LogP contribution in [-0.2, 0) is 13.5 Å². The van der Waals surface area contributed by atoms with Crippen LogP contribution < -0.4 is 4.74 Å². The van der Waals surface area contributed by atoms with Crippen molar-refractivity contribution in [3.8, 4) is 17.0 Å². The molecule has 4 rings (SSSR count). The van der Waals surface area contributed by atoms with Crippen LogP contribution in [0, 0.1) is 6.92 Å². The van der Waals surface area contributed by atoms with Crippen LogP contribution in [0.2, 0.25) is 0 Å². The number of imidazole rings is 1. The van der Waals surface area contributed by atoms with Gasteiger partial charge in [0, 0.05) is 18.8 Å². The van der Waals surface area contributed by atoms with E-state index in [1.807, 2.05) is 31.2 Å². The van der Waals surface area contributed by atoms with Crippen LogP contribution in [0.3, 0.4) is 0 Å². The molecule has 0 bridgehead atoms. The Morgan fingerprint density at radius 1 is 1.29 bits per heavy atom. The minimum absolute atomic E-state index is 0.203. The highest BCUT2D eigenvalue weighted by Crippen LogP contribution is 2.32. The Morgan fingerprint density at radius 2 is 2.17 bits per heavy atom. The van der Waals surface area contributed by atoms with E-state index in [0.717, 1.165) is 42.1 Å². The molecule has 0 radical (unpaired) electrons. The predicted molar refractivity (Wildman–Crippen MR) is 93.2 cm³/mol. The lowest BCUT2D eigenvalue weighted by atomic mass is 9.99. The van der Waals surface area contributed by atoms with E-state index in [1.54, 1.807) is 0 Å². The number of hydrogen-bond donors (Lipinski definition) is 0. The molecule has 0 amide bonds. The zero-order valence-corrected chi connectivity index (χ0v) is 14.4. The molecule has 0 saturated carbocycles. The Bertz CT molecular complexity index is 877. The molecule has 0 unspecified atom stereocenters. The first-order chi connectivity index (χ1) is 11.6. The maximum atomic E-state index is 5.73. The van der Waals surface area contributed by atoms with Crippen LogP contribution in [-0.4, -0.2) is 25.9 Å². The topological polar surface area (TPSA) is 44.9 Å². The summed E-state index contributed by atoms with van der Waals surface area (Å²) in [6.07, 6.45) is 8.06. The van der Waals surface area contributed by atoms with E-state index in [-0.39, 0.29) is 6.04 Å². The molecule has 1 aliphatic rings. The number of nitrogens with zero attached hydrogens (tertiary/aromatic N) is 4. The molecule has 0 N–H and O–H groups in total. The van der Waals surface area contributed by atoms with Gasteiger partial charge in [-0.05, 0) is 43.9 Å². The smallest absolute Gasteiger partial charge is 0.122 e. The number of rotatable bonds is 3. The van der Waals surface area contributed by atoms with Crippen LogP contribution in [0.1, 0.15) is 36.2 Å². The fraction of sp³-hybridized carbons (Fsp3) is 0.368. The van der Waals surface area contributed by atoms with Gasteiger partial charge in [0.15, 0.2) is 0 Å². The lowest BCUT2D eigenvalue weighted by Crippen LogP contribution is -2.11.